The van der Waals surface area contributed by atoms with Crippen LogP contribution in [0.15, 0.2) is 65.6 Å². The molecule has 34 heavy (non-hydrogen) atoms. The Morgan fingerprint density at radius 1 is 1.06 bits per heavy atom. The monoisotopic (exact) mass is 477 g/mol. The van der Waals surface area contributed by atoms with E-state index in [0.717, 1.165) is 22.6 Å². The second-order valence-corrected chi connectivity index (χ2v) is 8.92. The molecule has 0 radical (unpaired) electrons. The third-order valence-electron chi connectivity index (χ3n) is 5.57. The Morgan fingerprint density at radius 3 is 2.56 bits per heavy atom. The topological polar surface area (TPSA) is 76.1 Å². The van der Waals surface area contributed by atoms with Crippen LogP contribution in [0.3, 0.4) is 0 Å². The van der Waals surface area contributed by atoms with Crippen LogP contribution >= 0.6 is 11.3 Å². The van der Waals surface area contributed by atoms with Crippen LogP contribution in [0.2, 0.25) is 0 Å². The predicted molar refractivity (Wildman–Crippen MR) is 134 cm³/mol. The van der Waals surface area contributed by atoms with Gasteiger partial charge in [0.25, 0.3) is 11.7 Å². The summed E-state index contributed by atoms with van der Waals surface area (Å²) in [6, 6.07) is 15.3. The summed E-state index contributed by atoms with van der Waals surface area (Å²) in [7, 11) is 0. The first-order valence-corrected chi connectivity index (χ1v) is 12.1. The lowest BCUT2D eigenvalue weighted by Crippen LogP contribution is -2.29. The highest BCUT2D eigenvalue weighted by molar-refractivity contribution is 7.10. The van der Waals surface area contributed by atoms with Crippen LogP contribution in [0.25, 0.3) is 5.76 Å². The maximum Gasteiger partial charge on any atom is 0.300 e. The van der Waals surface area contributed by atoms with Crippen LogP contribution in [-0.2, 0) is 9.59 Å². The Morgan fingerprint density at radius 2 is 1.88 bits per heavy atom. The molecular formula is C27H27NO5S. The fourth-order valence-electron chi connectivity index (χ4n) is 4.03. The molecule has 1 saturated heterocycles. The smallest absolute Gasteiger partial charge is 0.300 e. The molecule has 1 amide bonds. The zero-order chi connectivity index (χ0) is 24.2. The van der Waals surface area contributed by atoms with Crippen molar-refractivity contribution in [3.05, 3.63) is 81.6 Å². The number of aryl methyl sites for hydroxylation is 1. The molecule has 1 unspecified atom stereocenters. The summed E-state index contributed by atoms with van der Waals surface area (Å²) in [5.41, 5.74) is 1.90. The van der Waals surface area contributed by atoms with E-state index < -0.39 is 17.7 Å². The van der Waals surface area contributed by atoms with Crippen molar-refractivity contribution in [2.45, 2.75) is 33.2 Å². The van der Waals surface area contributed by atoms with Crippen LogP contribution in [-0.4, -0.2) is 30.0 Å². The molecule has 2 aromatic carbocycles. The molecule has 3 aromatic rings. The van der Waals surface area contributed by atoms with Crippen molar-refractivity contribution in [1.82, 2.24) is 0 Å². The molecule has 1 atom stereocenters. The number of thiophene rings is 1. The zero-order valence-electron chi connectivity index (χ0n) is 19.4. The number of carbonyl (C=O) groups excluding carboxylic acids is 2. The van der Waals surface area contributed by atoms with Crippen LogP contribution in [0.4, 0.5) is 5.69 Å². The number of aliphatic hydroxyl groups excluding tert-OH is 1. The van der Waals surface area contributed by atoms with Crippen molar-refractivity contribution in [1.29, 1.82) is 0 Å². The summed E-state index contributed by atoms with van der Waals surface area (Å²) in [5, 5.41) is 13.2. The van der Waals surface area contributed by atoms with Crippen molar-refractivity contribution >= 4 is 34.5 Å². The number of ether oxygens (including phenoxy) is 2. The van der Waals surface area contributed by atoms with Gasteiger partial charge in [-0.25, -0.2) is 0 Å². The molecule has 7 heteroatoms. The zero-order valence-corrected chi connectivity index (χ0v) is 20.2. The number of carbonyl (C=O) groups is 2. The Labute approximate surface area is 203 Å². The molecule has 1 N–H and O–H groups in total. The minimum Gasteiger partial charge on any atom is -0.507 e. The van der Waals surface area contributed by atoms with E-state index in [1.54, 1.807) is 42.5 Å². The molecule has 0 bridgehead atoms. The van der Waals surface area contributed by atoms with Crippen LogP contribution in [0.1, 0.15) is 42.3 Å². The molecule has 0 aliphatic carbocycles. The van der Waals surface area contributed by atoms with E-state index in [1.807, 2.05) is 38.3 Å². The first-order chi connectivity index (χ1) is 16.5. The molecule has 0 saturated carbocycles. The van der Waals surface area contributed by atoms with Crippen LogP contribution in [0.5, 0.6) is 11.5 Å². The van der Waals surface area contributed by atoms with Crippen LogP contribution < -0.4 is 14.4 Å². The van der Waals surface area contributed by atoms with Gasteiger partial charge in [0.05, 0.1) is 18.8 Å². The SMILES string of the molecule is CCCOc1ccc(/C(O)=C2/C(=O)C(=O)N(c3cccc(OCC)c3)C2c2cccs2)cc1C. The number of nitrogens with zero attached hydrogens (tertiary/aromatic N) is 1. The lowest BCUT2D eigenvalue weighted by Gasteiger charge is -2.24. The Bertz CT molecular complexity index is 1230. The number of Topliss-reactive ketones (excluding diaryl/α,β-unsaturated/α-hetero) is 1. The lowest BCUT2D eigenvalue weighted by molar-refractivity contribution is -0.132. The fraction of sp³-hybridized carbons (Fsp3) is 0.259. The van der Waals surface area contributed by atoms with Crippen molar-refractivity contribution in [3.8, 4) is 11.5 Å². The second kappa shape index (κ2) is 10.1. The van der Waals surface area contributed by atoms with Crippen molar-refractivity contribution in [2.24, 2.45) is 0 Å². The van der Waals surface area contributed by atoms with Gasteiger partial charge in [0.2, 0.25) is 0 Å². The molecule has 1 fully saturated rings. The lowest BCUT2D eigenvalue weighted by atomic mass is 9.98. The summed E-state index contributed by atoms with van der Waals surface area (Å²) in [4.78, 5) is 28.7. The number of aliphatic hydroxyl groups is 1. The van der Waals surface area contributed by atoms with Gasteiger partial charge in [0.1, 0.15) is 23.3 Å². The summed E-state index contributed by atoms with van der Waals surface area (Å²) < 4.78 is 11.3. The van der Waals surface area contributed by atoms with E-state index in [1.165, 1.54) is 16.2 Å². The second-order valence-electron chi connectivity index (χ2n) is 7.94. The minimum atomic E-state index is -0.742. The largest absolute Gasteiger partial charge is 0.507 e. The highest BCUT2D eigenvalue weighted by Crippen LogP contribution is 2.44. The van der Waals surface area contributed by atoms with Gasteiger partial charge >= 0.3 is 0 Å². The first kappa shape index (κ1) is 23.6. The van der Waals surface area contributed by atoms with E-state index in [2.05, 4.69) is 0 Å². The normalized spacial score (nSPS) is 17.3. The Hall–Kier alpha value is -3.58. The first-order valence-electron chi connectivity index (χ1n) is 11.3. The van der Waals surface area contributed by atoms with Gasteiger partial charge in [0, 0.05) is 22.2 Å². The van der Waals surface area contributed by atoms with E-state index in [0.29, 0.717) is 30.2 Å². The summed E-state index contributed by atoms with van der Waals surface area (Å²) in [6.45, 7) is 6.87. The standard InChI is InChI=1S/C27H27NO5S/c1-4-13-33-21-12-11-18(15-17(21)3)25(29)23-24(22-10-7-14-34-22)28(27(31)26(23)30)19-8-6-9-20(16-19)32-5-2/h6-12,14-16,24,29H,4-5,13H2,1-3H3/b25-23-. The van der Waals surface area contributed by atoms with Gasteiger partial charge in [-0.05, 0) is 67.6 Å². The van der Waals surface area contributed by atoms with Gasteiger partial charge in [-0.3, -0.25) is 14.5 Å². The predicted octanol–water partition coefficient (Wildman–Crippen LogP) is 5.87. The van der Waals surface area contributed by atoms with Gasteiger partial charge in [-0.15, -0.1) is 11.3 Å². The molecule has 4 rings (SSSR count). The maximum absolute atomic E-state index is 13.3. The molecule has 1 aliphatic heterocycles. The highest BCUT2D eigenvalue weighted by Gasteiger charge is 2.47. The number of rotatable bonds is 8. The molecule has 1 aliphatic rings. The summed E-state index contributed by atoms with van der Waals surface area (Å²) in [5.74, 6) is -0.285. The minimum absolute atomic E-state index is 0.0656. The third-order valence-corrected chi connectivity index (χ3v) is 6.50. The molecule has 176 valence electrons. The third kappa shape index (κ3) is 4.43. The summed E-state index contributed by atoms with van der Waals surface area (Å²) >= 11 is 1.43. The Balaban J connectivity index is 1.82. The molecular weight excluding hydrogens is 450 g/mol. The molecule has 1 aromatic heterocycles. The maximum atomic E-state index is 13.3. The summed E-state index contributed by atoms with van der Waals surface area (Å²) in [6.07, 6.45) is 0.885. The molecule has 0 spiro atoms. The number of hydrogen-bond donors (Lipinski definition) is 1. The molecule has 6 nitrogen and oxygen atoms in total. The van der Waals surface area contributed by atoms with Crippen molar-refractivity contribution in [3.63, 3.8) is 0 Å². The number of ketones is 1. The van der Waals surface area contributed by atoms with E-state index in [9.17, 15) is 14.7 Å². The number of anilines is 1. The number of hydrogen-bond acceptors (Lipinski definition) is 6. The average molecular weight is 478 g/mol. The quantitative estimate of drug-likeness (QED) is 0.249. The number of amides is 1. The molecule has 2 heterocycles. The number of benzene rings is 2. The van der Waals surface area contributed by atoms with Gasteiger partial charge < -0.3 is 14.6 Å². The van der Waals surface area contributed by atoms with Gasteiger partial charge in [-0.1, -0.05) is 19.1 Å². The highest BCUT2D eigenvalue weighted by atomic mass is 32.1. The van der Waals surface area contributed by atoms with Gasteiger partial charge in [-0.2, -0.15) is 0 Å². The Kier molecular flexibility index (Phi) is 7.03. The van der Waals surface area contributed by atoms with E-state index >= 15 is 0 Å². The van der Waals surface area contributed by atoms with E-state index in [-0.39, 0.29) is 11.3 Å². The van der Waals surface area contributed by atoms with Crippen LogP contribution in [0, 0.1) is 6.92 Å². The van der Waals surface area contributed by atoms with Crippen molar-refractivity contribution in [2.75, 3.05) is 18.1 Å². The fourth-order valence-corrected chi connectivity index (χ4v) is 4.85. The van der Waals surface area contributed by atoms with E-state index in [4.69, 9.17) is 9.47 Å². The van der Waals surface area contributed by atoms with Crippen molar-refractivity contribution < 1.29 is 24.2 Å². The van der Waals surface area contributed by atoms with Gasteiger partial charge in [0.15, 0.2) is 0 Å². The average Bonchev–Trinajstić information content (AvgIpc) is 3.45.